The average Bonchev–Trinajstić information content (AvgIpc) is 2.46. The molecule has 84 valence electrons. The second-order valence-electron chi connectivity index (χ2n) is 3.68. The molecule has 0 aliphatic carbocycles. The molecule has 0 amide bonds. The standard InChI is InChI=1S/C8H11ClN2O3S/c9-8-7(12)4-10-11(8)6-2-1-3-15(13,14)5-6/h4,6,12H,1-3,5H2. The number of rotatable bonds is 1. The van der Waals surface area contributed by atoms with E-state index in [0.29, 0.717) is 6.42 Å². The van der Waals surface area contributed by atoms with Gasteiger partial charge in [-0.3, -0.25) is 0 Å². The number of sulfone groups is 1. The van der Waals surface area contributed by atoms with Crippen LogP contribution in [0.2, 0.25) is 5.15 Å². The molecule has 15 heavy (non-hydrogen) atoms. The number of aromatic hydroxyl groups is 1. The molecule has 1 aliphatic heterocycles. The summed E-state index contributed by atoms with van der Waals surface area (Å²) in [5.41, 5.74) is 0. The van der Waals surface area contributed by atoms with E-state index in [1.807, 2.05) is 0 Å². The summed E-state index contributed by atoms with van der Waals surface area (Å²) in [4.78, 5) is 0. The van der Waals surface area contributed by atoms with Crippen molar-refractivity contribution >= 4 is 21.4 Å². The first-order valence-electron chi connectivity index (χ1n) is 4.62. The molecule has 0 bridgehead atoms. The number of halogens is 1. The van der Waals surface area contributed by atoms with Crippen LogP contribution in [0.25, 0.3) is 0 Å². The summed E-state index contributed by atoms with van der Waals surface area (Å²) in [6.45, 7) is 0. The number of aromatic nitrogens is 2. The van der Waals surface area contributed by atoms with Gasteiger partial charge in [0.25, 0.3) is 0 Å². The minimum Gasteiger partial charge on any atom is -0.504 e. The fourth-order valence-electron chi connectivity index (χ4n) is 1.78. The van der Waals surface area contributed by atoms with Gasteiger partial charge in [-0.2, -0.15) is 5.10 Å². The highest BCUT2D eigenvalue weighted by Crippen LogP contribution is 2.30. The summed E-state index contributed by atoms with van der Waals surface area (Å²) in [7, 11) is -2.99. The third kappa shape index (κ3) is 2.10. The Balaban J connectivity index is 2.28. The first kappa shape index (κ1) is 10.8. The maximum Gasteiger partial charge on any atom is 0.173 e. The minimum atomic E-state index is -2.99. The lowest BCUT2D eigenvalue weighted by Crippen LogP contribution is -2.28. The maximum absolute atomic E-state index is 11.4. The first-order valence-corrected chi connectivity index (χ1v) is 6.82. The Morgan fingerprint density at radius 2 is 2.33 bits per heavy atom. The Morgan fingerprint density at radius 1 is 1.60 bits per heavy atom. The zero-order valence-electron chi connectivity index (χ0n) is 7.93. The summed E-state index contributed by atoms with van der Waals surface area (Å²) in [6.07, 6.45) is 2.56. The third-order valence-corrected chi connectivity index (χ3v) is 4.67. The van der Waals surface area contributed by atoms with E-state index in [0.717, 1.165) is 6.42 Å². The SMILES string of the molecule is O=S1(=O)CCCC(n2ncc(O)c2Cl)C1. The van der Waals surface area contributed by atoms with Crippen LogP contribution in [0.15, 0.2) is 6.20 Å². The van der Waals surface area contributed by atoms with Crippen molar-refractivity contribution in [1.82, 2.24) is 9.78 Å². The van der Waals surface area contributed by atoms with Gasteiger partial charge < -0.3 is 5.11 Å². The quantitative estimate of drug-likeness (QED) is 0.807. The van der Waals surface area contributed by atoms with Gasteiger partial charge in [-0.1, -0.05) is 11.6 Å². The molecule has 1 atom stereocenters. The van der Waals surface area contributed by atoms with E-state index in [4.69, 9.17) is 11.6 Å². The topological polar surface area (TPSA) is 72.2 Å². The summed E-state index contributed by atoms with van der Waals surface area (Å²) < 4.78 is 24.2. The Hall–Kier alpha value is -0.750. The van der Waals surface area contributed by atoms with Crippen molar-refractivity contribution in [1.29, 1.82) is 0 Å². The van der Waals surface area contributed by atoms with Crippen molar-refractivity contribution in [2.24, 2.45) is 0 Å². The molecule has 1 unspecified atom stereocenters. The highest BCUT2D eigenvalue weighted by atomic mass is 35.5. The van der Waals surface area contributed by atoms with Crippen molar-refractivity contribution in [2.75, 3.05) is 11.5 Å². The van der Waals surface area contributed by atoms with Crippen LogP contribution < -0.4 is 0 Å². The van der Waals surface area contributed by atoms with Crippen LogP contribution in [-0.4, -0.2) is 34.8 Å². The zero-order valence-corrected chi connectivity index (χ0v) is 9.50. The fraction of sp³-hybridized carbons (Fsp3) is 0.625. The molecule has 1 fully saturated rings. The fourth-order valence-corrected chi connectivity index (χ4v) is 3.68. The second kappa shape index (κ2) is 3.68. The van der Waals surface area contributed by atoms with Gasteiger partial charge in [-0.05, 0) is 12.8 Å². The van der Waals surface area contributed by atoms with E-state index in [2.05, 4.69) is 5.10 Å². The van der Waals surface area contributed by atoms with Gasteiger partial charge in [-0.15, -0.1) is 0 Å². The molecular formula is C8H11ClN2O3S. The molecule has 0 saturated carbocycles. The lowest BCUT2D eigenvalue weighted by molar-refractivity contribution is 0.430. The van der Waals surface area contributed by atoms with Gasteiger partial charge in [0, 0.05) is 0 Å². The number of hydrogen-bond acceptors (Lipinski definition) is 4. The lowest BCUT2D eigenvalue weighted by atomic mass is 10.2. The molecule has 0 radical (unpaired) electrons. The van der Waals surface area contributed by atoms with Gasteiger partial charge >= 0.3 is 0 Å². The van der Waals surface area contributed by atoms with Crippen LogP contribution in [0.4, 0.5) is 0 Å². The summed E-state index contributed by atoms with van der Waals surface area (Å²) in [5, 5.41) is 13.2. The number of hydrogen-bond donors (Lipinski definition) is 1. The summed E-state index contributed by atoms with van der Waals surface area (Å²) in [5.74, 6) is 0.169. The van der Waals surface area contributed by atoms with E-state index >= 15 is 0 Å². The van der Waals surface area contributed by atoms with Crippen molar-refractivity contribution in [3.05, 3.63) is 11.3 Å². The van der Waals surface area contributed by atoms with Gasteiger partial charge in [0.05, 0.1) is 23.7 Å². The Bertz CT molecular complexity index is 468. The molecule has 0 spiro atoms. The van der Waals surface area contributed by atoms with Crippen LogP contribution >= 0.6 is 11.6 Å². The molecule has 5 nitrogen and oxygen atoms in total. The van der Waals surface area contributed by atoms with Crippen molar-refractivity contribution in [2.45, 2.75) is 18.9 Å². The smallest absolute Gasteiger partial charge is 0.173 e. The molecule has 1 aromatic rings. The normalized spacial score (nSPS) is 25.3. The first-order chi connectivity index (χ1) is 6.99. The van der Waals surface area contributed by atoms with Gasteiger partial charge in [0.2, 0.25) is 0 Å². The molecule has 7 heteroatoms. The predicted molar refractivity (Wildman–Crippen MR) is 55.8 cm³/mol. The number of nitrogens with zero attached hydrogens (tertiary/aromatic N) is 2. The molecular weight excluding hydrogens is 240 g/mol. The zero-order chi connectivity index (χ0) is 11.1. The average molecular weight is 251 g/mol. The highest BCUT2D eigenvalue weighted by molar-refractivity contribution is 7.91. The monoisotopic (exact) mass is 250 g/mol. The second-order valence-corrected chi connectivity index (χ2v) is 6.26. The van der Waals surface area contributed by atoms with Crippen LogP contribution in [0.1, 0.15) is 18.9 Å². The molecule has 1 saturated heterocycles. The summed E-state index contributed by atoms with van der Waals surface area (Å²) in [6, 6.07) is -0.253. The lowest BCUT2D eigenvalue weighted by Gasteiger charge is -2.22. The van der Waals surface area contributed by atoms with Crippen LogP contribution in [0.3, 0.4) is 0 Å². The van der Waals surface area contributed by atoms with Crippen LogP contribution in [0.5, 0.6) is 5.75 Å². The molecule has 1 aromatic heterocycles. The van der Waals surface area contributed by atoms with E-state index in [1.54, 1.807) is 0 Å². The molecule has 0 aromatic carbocycles. The van der Waals surface area contributed by atoms with E-state index in [9.17, 15) is 13.5 Å². The minimum absolute atomic E-state index is 0.0494. The van der Waals surface area contributed by atoms with Crippen molar-refractivity contribution in [3.63, 3.8) is 0 Å². The van der Waals surface area contributed by atoms with Crippen LogP contribution in [0, 0.1) is 0 Å². The van der Waals surface area contributed by atoms with E-state index < -0.39 is 9.84 Å². The molecule has 2 rings (SSSR count). The third-order valence-electron chi connectivity index (χ3n) is 2.50. The van der Waals surface area contributed by atoms with E-state index in [-0.39, 0.29) is 28.5 Å². The molecule has 1 N–H and O–H groups in total. The Kier molecular flexibility index (Phi) is 2.64. The summed E-state index contributed by atoms with van der Waals surface area (Å²) >= 11 is 5.79. The largest absolute Gasteiger partial charge is 0.504 e. The Morgan fingerprint density at radius 3 is 2.87 bits per heavy atom. The highest BCUT2D eigenvalue weighted by Gasteiger charge is 2.28. The van der Waals surface area contributed by atoms with Gasteiger partial charge in [0.1, 0.15) is 0 Å². The Labute approximate surface area is 92.6 Å². The predicted octanol–water partition coefficient (Wildman–Crippen LogP) is 0.992. The molecule has 1 aliphatic rings. The van der Waals surface area contributed by atoms with Crippen molar-refractivity contribution < 1.29 is 13.5 Å². The molecule has 2 heterocycles. The van der Waals surface area contributed by atoms with Gasteiger partial charge in [0.15, 0.2) is 20.7 Å². The maximum atomic E-state index is 11.4. The van der Waals surface area contributed by atoms with Crippen molar-refractivity contribution in [3.8, 4) is 5.75 Å². The van der Waals surface area contributed by atoms with E-state index in [1.165, 1.54) is 10.9 Å². The van der Waals surface area contributed by atoms with Gasteiger partial charge in [-0.25, -0.2) is 13.1 Å². The van der Waals surface area contributed by atoms with Crippen LogP contribution in [-0.2, 0) is 9.84 Å².